The Balaban J connectivity index is 2.14. The van der Waals surface area contributed by atoms with Crippen molar-refractivity contribution >= 4 is 0 Å². The van der Waals surface area contributed by atoms with Crippen LogP contribution in [0, 0.1) is 0 Å². The van der Waals surface area contributed by atoms with Crippen molar-refractivity contribution in [2.75, 3.05) is 27.2 Å². The second-order valence-electron chi connectivity index (χ2n) is 7.13. The fraction of sp³-hybridized carbons (Fsp3) is 0.429. The molecule has 29 heavy (non-hydrogen) atoms. The molecular weight excluding hydrogens is 396 g/mol. The molecule has 0 amide bonds. The molecule has 0 aliphatic rings. The number of hydrogen-bond donors (Lipinski definition) is 0. The van der Waals surface area contributed by atoms with Crippen molar-refractivity contribution in [3.05, 3.63) is 70.8 Å². The summed E-state index contributed by atoms with van der Waals surface area (Å²) in [4.78, 5) is 2.00. The summed E-state index contributed by atoms with van der Waals surface area (Å²) in [5, 5.41) is 0. The van der Waals surface area contributed by atoms with E-state index in [1.54, 1.807) is 0 Å². The highest BCUT2D eigenvalue weighted by Gasteiger charge is 2.36. The van der Waals surface area contributed by atoms with Crippen LogP contribution in [0.5, 0.6) is 0 Å². The van der Waals surface area contributed by atoms with E-state index in [2.05, 4.69) is 0 Å². The van der Waals surface area contributed by atoms with Gasteiger partial charge in [-0.25, -0.2) is 0 Å². The van der Waals surface area contributed by atoms with Crippen molar-refractivity contribution in [1.29, 1.82) is 0 Å². The Labute approximate surface area is 166 Å². The van der Waals surface area contributed by atoms with Crippen LogP contribution in [0.15, 0.2) is 48.5 Å². The number of ether oxygens (including phenoxy) is 1. The third kappa shape index (κ3) is 7.36. The highest BCUT2D eigenvalue weighted by atomic mass is 19.4. The molecule has 0 N–H and O–H groups in total. The van der Waals surface area contributed by atoms with Crippen LogP contribution in [0.1, 0.15) is 34.6 Å². The van der Waals surface area contributed by atoms with Crippen LogP contribution in [0.4, 0.5) is 26.3 Å². The Morgan fingerprint density at radius 3 is 1.90 bits per heavy atom. The molecule has 0 saturated heterocycles. The largest absolute Gasteiger partial charge is 0.416 e. The van der Waals surface area contributed by atoms with Crippen molar-refractivity contribution in [2.45, 2.75) is 31.3 Å². The molecule has 0 bridgehead atoms. The summed E-state index contributed by atoms with van der Waals surface area (Å²) < 4.78 is 83.4. The fourth-order valence-electron chi connectivity index (χ4n) is 2.91. The van der Waals surface area contributed by atoms with E-state index in [4.69, 9.17) is 4.74 Å². The standard InChI is InChI=1S/C21H23F6NO/c1-28(2)9-8-17(16-6-4-3-5-7-16)14-29-13-15-10-18(20(22,23)24)12-19(11-15)21(25,26)27/h3-7,10-12,17H,8-9,13-14H2,1-2H3. The van der Waals surface area contributed by atoms with E-state index in [0.29, 0.717) is 12.1 Å². The highest BCUT2D eigenvalue weighted by molar-refractivity contribution is 5.33. The first-order valence-corrected chi connectivity index (χ1v) is 9.02. The van der Waals surface area contributed by atoms with Crippen molar-refractivity contribution in [1.82, 2.24) is 4.90 Å². The average Bonchev–Trinajstić information content (AvgIpc) is 2.63. The number of rotatable bonds is 8. The van der Waals surface area contributed by atoms with Crippen molar-refractivity contribution < 1.29 is 31.1 Å². The maximum Gasteiger partial charge on any atom is 0.416 e. The van der Waals surface area contributed by atoms with Gasteiger partial charge in [-0.15, -0.1) is 0 Å². The molecule has 1 unspecified atom stereocenters. The Morgan fingerprint density at radius 1 is 0.862 bits per heavy atom. The lowest BCUT2D eigenvalue weighted by atomic mass is 9.96. The summed E-state index contributed by atoms with van der Waals surface area (Å²) in [5.41, 5.74) is -1.82. The predicted molar refractivity (Wildman–Crippen MR) is 98.5 cm³/mol. The van der Waals surface area contributed by atoms with Crippen LogP contribution in [0.3, 0.4) is 0 Å². The lowest BCUT2D eigenvalue weighted by Crippen LogP contribution is -2.18. The summed E-state index contributed by atoms with van der Waals surface area (Å²) in [5.74, 6) is -0.0218. The molecule has 2 aromatic carbocycles. The summed E-state index contributed by atoms with van der Waals surface area (Å²) in [6.07, 6.45) is -8.99. The van der Waals surface area contributed by atoms with Gasteiger partial charge in [0.1, 0.15) is 0 Å². The van der Waals surface area contributed by atoms with Gasteiger partial charge in [-0.05, 0) is 56.4 Å². The molecule has 8 heteroatoms. The van der Waals surface area contributed by atoms with E-state index in [9.17, 15) is 26.3 Å². The van der Waals surface area contributed by atoms with Gasteiger partial charge in [0.2, 0.25) is 0 Å². The molecule has 0 aromatic heterocycles. The topological polar surface area (TPSA) is 12.5 Å². The quantitative estimate of drug-likeness (QED) is 0.489. The number of alkyl halides is 6. The summed E-state index contributed by atoms with van der Waals surface area (Å²) >= 11 is 0. The fourth-order valence-corrected chi connectivity index (χ4v) is 2.91. The molecule has 2 rings (SSSR count). The third-order valence-electron chi connectivity index (χ3n) is 4.43. The number of halogens is 6. The van der Waals surface area contributed by atoms with Gasteiger partial charge in [-0.2, -0.15) is 26.3 Å². The SMILES string of the molecule is CN(C)CCC(COCc1cc(C(F)(F)F)cc(C(F)(F)F)c1)c1ccccc1. The Morgan fingerprint density at radius 2 is 1.41 bits per heavy atom. The van der Waals surface area contributed by atoms with E-state index in [-0.39, 0.29) is 30.8 Å². The van der Waals surface area contributed by atoms with E-state index in [0.717, 1.165) is 18.5 Å². The van der Waals surface area contributed by atoms with Gasteiger partial charge in [-0.3, -0.25) is 0 Å². The maximum absolute atomic E-state index is 13.0. The van der Waals surface area contributed by atoms with Crippen LogP contribution in [0.2, 0.25) is 0 Å². The Kier molecular flexibility index (Phi) is 7.71. The van der Waals surface area contributed by atoms with Gasteiger partial charge in [0, 0.05) is 5.92 Å². The molecule has 0 radical (unpaired) electrons. The van der Waals surface area contributed by atoms with Crippen molar-refractivity contribution in [3.63, 3.8) is 0 Å². The van der Waals surface area contributed by atoms with E-state index < -0.39 is 23.5 Å². The minimum absolute atomic E-state index is 0.0218. The molecule has 0 aliphatic carbocycles. The maximum atomic E-state index is 13.0. The second kappa shape index (κ2) is 9.63. The van der Waals surface area contributed by atoms with Crippen LogP contribution in [0.25, 0.3) is 0 Å². The minimum Gasteiger partial charge on any atom is -0.376 e. The smallest absolute Gasteiger partial charge is 0.376 e. The molecule has 0 fully saturated rings. The molecule has 1 atom stereocenters. The lowest BCUT2D eigenvalue weighted by molar-refractivity contribution is -0.143. The van der Waals surface area contributed by atoms with Gasteiger partial charge in [-0.1, -0.05) is 30.3 Å². The van der Waals surface area contributed by atoms with E-state index >= 15 is 0 Å². The first-order chi connectivity index (χ1) is 13.5. The molecule has 0 heterocycles. The second-order valence-corrected chi connectivity index (χ2v) is 7.13. The Bertz CT molecular complexity index is 739. The van der Waals surface area contributed by atoms with Crippen LogP contribution < -0.4 is 0 Å². The van der Waals surface area contributed by atoms with Crippen LogP contribution in [-0.2, 0) is 23.7 Å². The Hall–Kier alpha value is -2.06. The average molecular weight is 419 g/mol. The van der Waals surface area contributed by atoms with E-state index in [1.807, 2.05) is 49.3 Å². The van der Waals surface area contributed by atoms with Gasteiger partial charge >= 0.3 is 12.4 Å². The third-order valence-corrected chi connectivity index (χ3v) is 4.43. The van der Waals surface area contributed by atoms with Crippen LogP contribution >= 0.6 is 0 Å². The summed E-state index contributed by atoms with van der Waals surface area (Å²) in [7, 11) is 3.84. The molecule has 0 saturated carbocycles. The highest BCUT2D eigenvalue weighted by Crippen LogP contribution is 2.36. The molecular formula is C21H23F6NO. The van der Waals surface area contributed by atoms with Gasteiger partial charge in [0.05, 0.1) is 24.3 Å². The van der Waals surface area contributed by atoms with Crippen molar-refractivity contribution in [3.8, 4) is 0 Å². The first-order valence-electron chi connectivity index (χ1n) is 9.02. The molecule has 160 valence electrons. The molecule has 0 aliphatic heterocycles. The monoisotopic (exact) mass is 419 g/mol. The summed E-state index contributed by atoms with van der Waals surface area (Å²) in [6, 6.07) is 11.0. The number of hydrogen-bond acceptors (Lipinski definition) is 2. The zero-order valence-corrected chi connectivity index (χ0v) is 16.1. The van der Waals surface area contributed by atoms with E-state index in [1.165, 1.54) is 0 Å². The van der Waals surface area contributed by atoms with Crippen LogP contribution in [-0.4, -0.2) is 32.1 Å². The predicted octanol–water partition coefficient (Wildman–Crippen LogP) is 5.98. The molecule has 2 nitrogen and oxygen atoms in total. The van der Waals surface area contributed by atoms with Gasteiger partial charge in [0.25, 0.3) is 0 Å². The number of nitrogens with zero attached hydrogens (tertiary/aromatic N) is 1. The summed E-state index contributed by atoms with van der Waals surface area (Å²) in [6.45, 7) is 0.623. The first kappa shape index (κ1) is 23.2. The zero-order valence-electron chi connectivity index (χ0n) is 16.1. The van der Waals surface area contributed by atoms with Gasteiger partial charge < -0.3 is 9.64 Å². The molecule has 2 aromatic rings. The molecule has 0 spiro atoms. The van der Waals surface area contributed by atoms with Gasteiger partial charge in [0.15, 0.2) is 0 Å². The number of benzene rings is 2. The lowest BCUT2D eigenvalue weighted by Gasteiger charge is -2.20. The van der Waals surface area contributed by atoms with Crippen molar-refractivity contribution in [2.24, 2.45) is 0 Å². The normalized spacial score (nSPS) is 13.7. The minimum atomic E-state index is -4.87. The zero-order chi connectivity index (χ0) is 21.7.